The molecule has 6 nitrogen and oxygen atoms in total. The average molecular weight is 328 g/mol. The molecule has 0 aliphatic carbocycles. The van der Waals surface area contributed by atoms with Gasteiger partial charge in [0, 0.05) is 11.1 Å². The van der Waals surface area contributed by atoms with Gasteiger partial charge in [0.2, 0.25) is 0 Å². The van der Waals surface area contributed by atoms with Gasteiger partial charge in [0.25, 0.3) is 12.6 Å². The van der Waals surface area contributed by atoms with E-state index >= 15 is 0 Å². The molecule has 1 saturated heterocycles. The van der Waals surface area contributed by atoms with Crippen molar-refractivity contribution in [3.05, 3.63) is 59.7 Å². The number of aldehydes is 2. The minimum Gasteiger partial charge on any atom is -0.458 e. The van der Waals surface area contributed by atoms with Gasteiger partial charge in [0.05, 0.1) is 13.2 Å². The minimum absolute atomic E-state index is 0.390. The summed E-state index contributed by atoms with van der Waals surface area (Å²) in [4.78, 5) is 21.4. The van der Waals surface area contributed by atoms with Crippen LogP contribution in [0.15, 0.2) is 48.5 Å². The SMILES string of the molecule is O=Cc1ccc(O[C@H]2OCCO[C@H]2Oc2ccc(C=O)cc2)cc1. The van der Waals surface area contributed by atoms with Crippen LogP contribution < -0.4 is 9.47 Å². The molecule has 0 bridgehead atoms. The fourth-order valence-corrected chi connectivity index (χ4v) is 2.18. The highest BCUT2D eigenvalue weighted by atomic mass is 16.8. The summed E-state index contributed by atoms with van der Waals surface area (Å²) in [5, 5.41) is 0. The number of carbonyl (C=O) groups excluding carboxylic acids is 2. The van der Waals surface area contributed by atoms with E-state index in [1.165, 1.54) is 0 Å². The molecule has 0 aromatic heterocycles. The smallest absolute Gasteiger partial charge is 0.263 e. The van der Waals surface area contributed by atoms with Gasteiger partial charge in [-0.3, -0.25) is 9.59 Å². The van der Waals surface area contributed by atoms with E-state index in [2.05, 4.69) is 0 Å². The van der Waals surface area contributed by atoms with E-state index in [1.54, 1.807) is 48.5 Å². The minimum atomic E-state index is -0.744. The molecule has 0 radical (unpaired) electrons. The first-order valence-electron chi connectivity index (χ1n) is 7.45. The van der Waals surface area contributed by atoms with Gasteiger partial charge in [0.1, 0.15) is 24.1 Å². The van der Waals surface area contributed by atoms with Crippen molar-refractivity contribution < 1.29 is 28.5 Å². The summed E-state index contributed by atoms with van der Waals surface area (Å²) in [6.07, 6.45) is 0.0378. The molecule has 0 N–H and O–H groups in total. The van der Waals surface area contributed by atoms with E-state index in [-0.39, 0.29) is 0 Å². The second-order valence-electron chi connectivity index (χ2n) is 5.09. The van der Waals surface area contributed by atoms with Crippen LogP contribution in [0.5, 0.6) is 11.5 Å². The predicted octanol–water partition coefficient (Wildman–Crippen LogP) is 2.47. The number of hydrogen-bond acceptors (Lipinski definition) is 6. The molecule has 0 saturated carbocycles. The van der Waals surface area contributed by atoms with Crippen LogP contribution in [0.4, 0.5) is 0 Å². The summed E-state index contributed by atoms with van der Waals surface area (Å²) < 4.78 is 22.6. The summed E-state index contributed by atoms with van der Waals surface area (Å²) in [5.41, 5.74) is 1.12. The monoisotopic (exact) mass is 328 g/mol. The molecule has 1 fully saturated rings. The zero-order chi connectivity index (χ0) is 16.8. The Balaban J connectivity index is 1.67. The highest BCUT2D eigenvalue weighted by Gasteiger charge is 2.31. The maximum absolute atomic E-state index is 10.7. The van der Waals surface area contributed by atoms with Crippen molar-refractivity contribution in [2.24, 2.45) is 0 Å². The lowest BCUT2D eigenvalue weighted by atomic mass is 10.2. The van der Waals surface area contributed by atoms with Crippen molar-refractivity contribution in [1.82, 2.24) is 0 Å². The van der Waals surface area contributed by atoms with Crippen molar-refractivity contribution in [1.29, 1.82) is 0 Å². The number of benzene rings is 2. The molecule has 6 heteroatoms. The van der Waals surface area contributed by atoms with Crippen LogP contribution in [-0.4, -0.2) is 38.4 Å². The van der Waals surface area contributed by atoms with Crippen LogP contribution in [0, 0.1) is 0 Å². The largest absolute Gasteiger partial charge is 0.458 e. The number of hydrogen-bond donors (Lipinski definition) is 0. The predicted molar refractivity (Wildman–Crippen MR) is 84.4 cm³/mol. The van der Waals surface area contributed by atoms with Crippen molar-refractivity contribution >= 4 is 12.6 Å². The fraction of sp³-hybridized carbons (Fsp3) is 0.222. The lowest BCUT2D eigenvalue weighted by molar-refractivity contribution is -0.271. The van der Waals surface area contributed by atoms with Crippen LogP contribution in [0.2, 0.25) is 0 Å². The second kappa shape index (κ2) is 7.72. The molecule has 124 valence electrons. The van der Waals surface area contributed by atoms with Gasteiger partial charge < -0.3 is 18.9 Å². The van der Waals surface area contributed by atoms with Crippen LogP contribution in [0.3, 0.4) is 0 Å². The summed E-state index contributed by atoms with van der Waals surface area (Å²) in [5.74, 6) is 1.09. The summed E-state index contributed by atoms with van der Waals surface area (Å²) in [7, 11) is 0. The summed E-state index contributed by atoms with van der Waals surface area (Å²) in [6.45, 7) is 0.780. The molecular weight excluding hydrogens is 312 g/mol. The Morgan fingerprint density at radius 3 is 1.42 bits per heavy atom. The third-order valence-corrected chi connectivity index (χ3v) is 3.41. The van der Waals surface area contributed by atoms with Gasteiger partial charge >= 0.3 is 0 Å². The first-order chi connectivity index (χ1) is 11.8. The topological polar surface area (TPSA) is 71.1 Å². The zero-order valence-corrected chi connectivity index (χ0v) is 12.8. The van der Waals surface area contributed by atoms with Gasteiger partial charge in [-0.15, -0.1) is 0 Å². The molecule has 2 aromatic carbocycles. The molecular formula is C18H16O6. The molecule has 0 unspecified atom stereocenters. The third kappa shape index (κ3) is 3.98. The highest BCUT2D eigenvalue weighted by Crippen LogP contribution is 2.22. The molecule has 2 aromatic rings. The number of carbonyl (C=O) groups is 2. The van der Waals surface area contributed by atoms with E-state index in [4.69, 9.17) is 18.9 Å². The lowest BCUT2D eigenvalue weighted by Gasteiger charge is -2.31. The van der Waals surface area contributed by atoms with Crippen molar-refractivity contribution in [3.63, 3.8) is 0 Å². The Morgan fingerprint density at radius 1 is 0.708 bits per heavy atom. The van der Waals surface area contributed by atoms with E-state index in [0.717, 1.165) is 12.6 Å². The molecule has 0 spiro atoms. The quantitative estimate of drug-likeness (QED) is 0.759. The standard InChI is InChI=1S/C18H16O6/c19-11-13-1-5-15(6-2-13)23-17-18(22-10-9-21-17)24-16-7-3-14(12-20)4-8-16/h1-8,11-12,17-18H,9-10H2/t17-,18+. The Labute approximate surface area is 138 Å². The molecule has 1 aliphatic heterocycles. The van der Waals surface area contributed by atoms with Crippen LogP contribution >= 0.6 is 0 Å². The molecule has 1 aliphatic rings. The van der Waals surface area contributed by atoms with Crippen molar-refractivity contribution in [2.45, 2.75) is 12.6 Å². The summed E-state index contributed by atoms with van der Waals surface area (Å²) >= 11 is 0. The first-order valence-corrected chi connectivity index (χ1v) is 7.45. The third-order valence-electron chi connectivity index (χ3n) is 3.41. The van der Waals surface area contributed by atoms with E-state index in [1.807, 2.05) is 0 Å². The zero-order valence-electron chi connectivity index (χ0n) is 12.8. The number of ether oxygens (including phenoxy) is 4. The Bertz CT molecular complexity index is 618. The Morgan fingerprint density at radius 2 is 1.08 bits per heavy atom. The van der Waals surface area contributed by atoms with Crippen LogP contribution in [0.1, 0.15) is 20.7 Å². The van der Waals surface area contributed by atoms with Crippen molar-refractivity contribution in [2.75, 3.05) is 13.2 Å². The van der Waals surface area contributed by atoms with Crippen LogP contribution in [0.25, 0.3) is 0 Å². The Hall–Kier alpha value is -2.70. The average Bonchev–Trinajstić information content (AvgIpc) is 2.64. The molecule has 24 heavy (non-hydrogen) atoms. The van der Waals surface area contributed by atoms with Gasteiger partial charge in [-0.1, -0.05) is 0 Å². The normalized spacial score (nSPS) is 20.2. The van der Waals surface area contributed by atoms with Gasteiger partial charge in [-0.2, -0.15) is 0 Å². The second-order valence-corrected chi connectivity index (χ2v) is 5.09. The molecule has 3 rings (SSSR count). The van der Waals surface area contributed by atoms with E-state index in [9.17, 15) is 9.59 Å². The molecule has 0 amide bonds. The van der Waals surface area contributed by atoms with Crippen LogP contribution in [-0.2, 0) is 9.47 Å². The van der Waals surface area contributed by atoms with Crippen molar-refractivity contribution in [3.8, 4) is 11.5 Å². The van der Waals surface area contributed by atoms with Gasteiger partial charge in [0.15, 0.2) is 0 Å². The lowest BCUT2D eigenvalue weighted by Crippen LogP contribution is -2.45. The maximum atomic E-state index is 10.7. The summed E-state index contributed by atoms with van der Waals surface area (Å²) in [6, 6.07) is 13.3. The van der Waals surface area contributed by atoms with Gasteiger partial charge in [-0.05, 0) is 48.5 Å². The fourth-order valence-electron chi connectivity index (χ4n) is 2.18. The molecule has 2 atom stereocenters. The number of rotatable bonds is 6. The van der Waals surface area contributed by atoms with E-state index < -0.39 is 12.6 Å². The highest BCUT2D eigenvalue weighted by molar-refractivity contribution is 5.75. The Kier molecular flexibility index (Phi) is 5.20. The van der Waals surface area contributed by atoms with Gasteiger partial charge in [-0.25, -0.2) is 0 Å². The first kappa shape index (κ1) is 16.2. The molecule has 1 heterocycles. The maximum Gasteiger partial charge on any atom is 0.263 e. The van der Waals surface area contributed by atoms with E-state index in [0.29, 0.717) is 35.8 Å².